The van der Waals surface area contributed by atoms with Crippen LogP contribution in [-0.4, -0.2) is 32.1 Å². The van der Waals surface area contributed by atoms with Crippen molar-refractivity contribution in [3.05, 3.63) is 48.0 Å². The number of rotatable bonds is 6. The van der Waals surface area contributed by atoms with Crippen molar-refractivity contribution in [3.63, 3.8) is 0 Å². The summed E-state index contributed by atoms with van der Waals surface area (Å²) in [6.45, 7) is 0. The predicted octanol–water partition coefficient (Wildman–Crippen LogP) is 3.56. The third-order valence-corrected chi connectivity index (χ3v) is 5.09. The van der Waals surface area contributed by atoms with E-state index in [0.29, 0.717) is 12.8 Å². The van der Waals surface area contributed by atoms with Crippen molar-refractivity contribution in [1.82, 2.24) is 0 Å². The molecule has 1 aliphatic carbocycles. The first-order chi connectivity index (χ1) is 12.1. The number of Topliss-reactive ketones (excluding diaryl/α,β-unsaturated/α-hetero) is 2. The Morgan fingerprint density at radius 2 is 1.80 bits per heavy atom. The summed E-state index contributed by atoms with van der Waals surface area (Å²) in [5.74, 6) is -0.941. The molecule has 4 nitrogen and oxygen atoms in total. The summed E-state index contributed by atoms with van der Waals surface area (Å²) in [6.07, 6.45) is 2.03. The molecule has 4 heteroatoms. The van der Waals surface area contributed by atoms with Crippen LogP contribution in [0.15, 0.2) is 42.5 Å². The first-order valence-corrected chi connectivity index (χ1v) is 8.74. The molecule has 0 amide bonds. The van der Waals surface area contributed by atoms with Crippen LogP contribution in [0.1, 0.15) is 24.8 Å². The molecule has 2 unspecified atom stereocenters. The Morgan fingerprint density at radius 1 is 1.08 bits per heavy atom. The summed E-state index contributed by atoms with van der Waals surface area (Å²) < 4.78 is 10.1. The average molecular weight is 340 g/mol. The summed E-state index contributed by atoms with van der Waals surface area (Å²) in [5, 5.41) is 2.37. The van der Waals surface area contributed by atoms with Crippen LogP contribution in [0.2, 0.25) is 0 Å². The molecule has 1 aliphatic rings. The van der Waals surface area contributed by atoms with Gasteiger partial charge in [-0.3, -0.25) is 9.59 Å². The minimum absolute atomic E-state index is 0.0310. The lowest BCUT2D eigenvalue weighted by Gasteiger charge is -2.28. The highest BCUT2D eigenvalue weighted by Gasteiger charge is 2.38. The normalized spacial score (nSPS) is 21.0. The summed E-state index contributed by atoms with van der Waals surface area (Å²) in [4.78, 5) is 25.3. The number of hydrogen-bond donors (Lipinski definition) is 0. The number of carbonyl (C=O) groups excluding carboxylic acids is 2. The van der Waals surface area contributed by atoms with Crippen molar-refractivity contribution in [2.45, 2.75) is 32.0 Å². The lowest BCUT2D eigenvalue weighted by Crippen LogP contribution is -2.41. The predicted molar refractivity (Wildman–Crippen MR) is 96.3 cm³/mol. The van der Waals surface area contributed by atoms with Gasteiger partial charge < -0.3 is 9.47 Å². The number of ketones is 2. The van der Waals surface area contributed by atoms with E-state index in [1.807, 2.05) is 12.1 Å². The van der Waals surface area contributed by atoms with E-state index in [4.69, 9.17) is 9.47 Å². The number of hydrogen-bond acceptors (Lipinski definition) is 4. The molecule has 3 rings (SSSR count). The Morgan fingerprint density at radius 3 is 2.52 bits per heavy atom. The van der Waals surface area contributed by atoms with Gasteiger partial charge in [-0.1, -0.05) is 48.9 Å². The fourth-order valence-electron chi connectivity index (χ4n) is 3.77. The van der Waals surface area contributed by atoms with Crippen LogP contribution in [0.25, 0.3) is 10.8 Å². The van der Waals surface area contributed by atoms with Gasteiger partial charge in [0, 0.05) is 20.1 Å². The molecule has 1 fully saturated rings. The largest absolute Gasteiger partial charge is 0.349 e. The molecule has 2 atom stereocenters. The monoisotopic (exact) mass is 340 g/mol. The summed E-state index contributed by atoms with van der Waals surface area (Å²) >= 11 is 0. The van der Waals surface area contributed by atoms with Crippen molar-refractivity contribution >= 4 is 22.3 Å². The highest BCUT2D eigenvalue weighted by molar-refractivity contribution is 6.05. The standard InChI is InChI=1S/C21H24O4/c1-24-21(25-2)20(23)18-9-5-8-17(19(18)22)13-14-10-11-15-6-3-4-7-16(15)12-14/h3-4,6-7,10-12,17-18,21H,5,8-9,13H2,1-2H3. The maximum atomic E-state index is 12.8. The third kappa shape index (κ3) is 3.80. The molecular formula is C21H24O4. The van der Waals surface area contributed by atoms with Crippen molar-refractivity contribution in [2.24, 2.45) is 11.8 Å². The fourth-order valence-corrected chi connectivity index (χ4v) is 3.77. The van der Waals surface area contributed by atoms with Crippen LogP contribution in [-0.2, 0) is 25.5 Å². The first kappa shape index (κ1) is 17.8. The summed E-state index contributed by atoms with van der Waals surface area (Å²) in [6, 6.07) is 14.5. The molecule has 0 heterocycles. The Labute approximate surface area is 148 Å². The Bertz CT molecular complexity index is 763. The van der Waals surface area contributed by atoms with Crippen molar-refractivity contribution in [2.75, 3.05) is 14.2 Å². The van der Waals surface area contributed by atoms with E-state index in [1.165, 1.54) is 25.0 Å². The number of carbonyl (C=O) groups is 2. The van der Waals surface area contributed by atoms with Crippen LogP contribution < -0.4 is 0 Å². The zero-order valence-electron chi connectivity index (χ0n) is 14.7. The van der Waals surface area contributed by atoms with E-state index in [9.17, 15) is 9.59 Å². The smallest absolute Gasteiger partial charge is 0.218 e. The zero-order valence-corrected chi connectivity index (χ0v) is 14.7. The highest BCUT2D eigenvalue weighted by Crippen LogP contribution is 2.30. The van der Waals surface area contributed by atoms with E-state index in [0.717, 1.165) is 18.4 Å². The molecule has 0 saturated heterocycles. The Kier molecular flexibility index (Phi) is 5.61. The molecule has 0 radical (unpaired) electrons. The van der Waals surface area contributed by atoms with Gasteiger partial charge in [-0.2, -0.15) is 0 Å². The summed E-state index contributed by atoms with van der Waals surface area (Å²) in [5.41, 5.74) is 1.14. The lowest BCUT2D eigenvalue weighted by molar-refractivity contribution is -0.164. The number of methoxy groups -OCH3 is 2. The Balaban J connectivity index is 1.75. The molecule has 2 aromatic rings. The third-order valence-electron chi connectivity index (χ3n) is 5.09. The molecule has 132 valence electrons. The van der Waals surface area contributed by atoms with Gasteiger partial charge in [0.05, 0.1) is 5.92 Å². The van der Waals surface area contributed by atoms with Crippen LogP contribution in [0.5, 0.6) is 0 Å². The van der Waals surface area contributed by atoms with E-state index >= 15 is 0 Å². The quantitative estimate of drug-likeness (QED) is 0.596. The Hall–Kier alpha value is -2.04. The van der Waals surface area contributed by atoms with Gasteiger partial charge in [-0.05, 0) is 35.6 Å². The molecular weight excluding hydrogens is 316 g/mol. The highest BCUT2D eigenvalue weighted by atomic mass is 16.7. The zero-order chi connectivity index (χ0) is 17.8. The molecule has 0 aliphatic heterocycles. The van der Waals surface area contributed by atoms with E-state index in [1.54, 1.807) is 0 Å². The molecule has 2 aromatic carbocycles. The van der Waals surface area contributed by atoms with E-state index in [2.05, 4.69) is 30.3 Å². The molecule has 0 aromatic heterocycles. The van der Waals surface area contributed by atoms with Gasteiger partial charge in [0.15, 0.2) is 5.78 Å². The van der Waals surface area contributed by atoms with Gasteiger partial charge in [0.25, 0.3) is 0 Å². The minimum atomic E-state index is -0.951. The molecule has 1 saturated carbocycles. The SMILES string of the molecule is COC(OC)C(=O)C1CCCC(Cc2ccc3ccccc3c2)C1=O. The molecule has 25 heavy (non-hydrogen) atoms. The van der Waals surface area contributed by atoms with Crippen molar-refractivity contribution in [3.8, 4) is 0 Å². The van der Waals surface area contributed by atoms with Gasteiger partial charge in [0.1, 0.15) is 5.78 Å². The number of fused-ring (bicyclic) bond motifs is 1. The van der Waals surface area contributed by atoms with Crippen LogP contribution >= 0.6 is 0 Å². The average Bonchev–Trinajstić information content (AvgIpc) is 2.64. The maximum absolute atomic E-state index is 12.8. The van der Waals surface area contributed by atoms with Gasteiger partial charge >= 0.3 is 0 Å². The minimum Gasteiger partial charge on any atom is -0.349 e. The molecule has 0 N–H and O–H groups in total. The van der Waals surface area contributed by atoms with Crippen LogP contribution in [0, 0.1) is 11.8 Å². The molecule has 0 bridgehead atoms. The maximum Gasteiger partial charge on any atom is 0.218 e. The van der Waals surface area contributed by atoms with Crippen LogP contribution in [0.4, 0.5) is 0 Å². The van der Waals surface area contributed by atoms with Gasteiger partial charge in [-0.25, -0.2) is 0 Å². The topological polar surface area (TPSA) is 52.6 Å². The van der Waals surface area contributed by atoms with Gasteiger partial charge in [-0.15, -0.1) is 0 Å². The van der Waals surface area contributed by atoms with Crippen LogP contribution in [0.3, 0.4) is 0 Å². The lowest BCUT2D eigenvalue weighted by atomic mass is 9.75. The second-order valence-electron chi connectivity index (χ2n) is 6.67. The fraction of sp³-hybridized carbons (Fsp3) is 0.429. The van der Waals surface area contributed by atoms with Crippen molar-refractivity contribution < 1.29 is 19.1 Å². The molecule has 0 spiro atoms. The number of ether oxygens (including phenoxy) is 2. The number of benzene rings is 2. The van der Waals surface area contributed by atoms with E-state index < -0.39 is 12.2 Å². The van der Waals surface area contributed by atoms with E-state index in [-0.39, 0.29) is 17.5 Å². The second kappa shape index (κ2) is 7.89. The second-order valence-corrected chi connectivity index (χ2v) is 6.67. The van der Waals surface area contributed by atoms with Gasteiger partial charge in [0.2, 0.25) is 6.29 Å². The first-order valence-electron chi connectivity index (χ1n) is 8.74. The van der Waals surface area contributed by atoms with Crippen molar-refractivity contribution in [1.29, 1.82) is 0 Å². The summed E-state index contributed by atoms with van der Waals surface area (Å²) in [7, 11) is 2.85.